The van der Waals surface area contributed by atoms with Crippen LogP contribution in [0, 0.1) is 0 Å². The zero-order chi connectivity index (χ0) is 28.5. The molecule has 0 spiro atoms. The van der Waals surface area contributed by atoms with E-state index in [0.717, 1.165) is 35.4 Å². The van der Waals surface area contributed by atoms with Gasteiger partial charge in [-0.15, -0.1) is 11.3 Å². The highest BCUT2D eigenvalue weighted by atomic mass is 32.1. The molecule has 3 rings (SSSR count). The number of aryl methyl sites for hydroxylation is 2. The van der Waals surface area contributed by atoms with Crippen LogP contribution in [0.3, 0.4) is 0 Å². The van der Waals surface area contributed by atoms with E-state index in [0.29, 0.717) is 34.3 Å². The Morgan fingerprint density at radius 1 is 1.00 bits per heavy atom. The first-order chi connectivity index (χ1) is 18.5. The zero-order valence-corrected chi connectivity index (χ0v) is 23.6. The van der Waals surface area contributed by atoms with E-state index in [4.69, 9.17) is 20.0 Å². The minimum absolute atomic E-state index is 0.241. The molecular formula is C28H38N4O5S. The Morgan fingerprint density at radius 2 is 1.68 bits per heavy atom. The van der Waals surface area contributed by atoms with E-state index in [1.807, 2.05) is 26.7 Å². The van der Waals surface area contributed by atoms with E-state index < -0.39 is 0 Å². The van der Waals surface area contributed by atoms with Crippen molar-refractivity contribution in [2.45, 2.75) is 46.6 Å². The molecule has 0 aliphatic carbocycles. The number of benzene rings is 2. The monoisotopic (exact) mass is 542 g/mol. The number of amides is 2. The van der Waals surface area contributed by atoms with Gasteiger partial charge in [0.1, 0.15) is 6.79 Å². The SMILES string of the molecule is C=O.CC.CCc1sc(NC(=O)c2cccc(CNC(=O)c3ccc(OC)c(OC)c3)c2)nc1CCCN. The van der Waals surface area contributed by atoms with Gasteiger partial charge in [-0.05, 0) is 61.7 Å². The largest absolute Gasteiger partial charge is 0.493 e. The Kier molecular flexibility index (Phi) is 15.0. The second kappa shape index (κ2) is 17.7. The zero-order valence-electron chi connectivity index (χ0n) is 22.8. The van der Waals surface area contributed by atoms with Crippen LogP contribution in [0.5, 0.6) is 11.5 Å². The van der Waals surface area contributed by atoms with Crippen molar-refractivity contribution in [2.75, 3.05) is 26.1 Å². The van der Waals surface area contributed by atoms with E-state index in [9.17, 15) is 9.59 Å². The normalized spacial score (nSPS) is 9.74. The number of hydrogen-bond acceptors (Lipinski definition) is 8. The highest BCUT2D eigenvalue weighted by Gasteiger charge is 2.14. The number of anilines is 1. The van der Waals surface area contributed by atoms with Crippen LogP contribution in [0.2, 0.25) is 0 Å². The second-order valence-corrected chi connectivity index (χ2v) is 8.63. The van der Waals surface area contributed by atoms with Gasteiger partial charge in [0, 0.05) is 22.5 Å². The Hall–Kier alpha value is -3.76. The Morgan fingerprint density at radius 3 is 2.32 bits per heavy atom. The summed E-state index contributed by atoms with van der Waals surface area (Å²) in [4.78, 5) is 39.1. The van der Waals surface area contributed by atoms with Crippen LogP contribution >= 0.6 is 11.3 Å². The number of nitrogens with one attached hydrogen (secondary N) is 2. The van der Waals surface area contributed by atoms with Gasteiger partial charge in [0.2, 0.25) is 0 Å². The summed E-state index contributed by atoms with van der Waals surface area (Å²) >= 11 is 1.49. The predicted molar refractivity (Wildman–Crippen MR) is 152 cm³/mol. The number of nitrogens with two attached hydrogens (primary N) is 1. The fourth-order valence-electron chi connectivity index (χ4n) is 3.43. The van der Waals surface area contributed by atoms with E-state index in [1.165, 1.54) is 18.4 Å². The van der Waals surface area contributed by atoms with E-state index in [2.05, 4.69) is 22.5 Å². The first kappa shape index (κ1) is 32.3. The molecule has 0 radical (unpaired) electrons. The first-order valence-electron chi connectivity index (χ1n) is 12.4. The highest BCUT2D eigenvalue weighted by molar-refractivity contribution is 7.15. The molecule has 2 aromatic carbocycles. The Labute approximate surface area is 228 Å². The van der Waals surface area contributed by atoms with E-state index in [1.54, 1.807) is 43.5 Å². The van der Waals surface area contributed by atoms with Crippen LogP contribution < -0.4 is 25.8 Å². The van der Waals surface area contributed by atoms with Crippen molar-refractivity contribution in [1.82, 2.24) is 10.3 Å². The molecule has 0 aliphatic heterocycles. The molecule has 2 amide bonds. The molecule has 10 heteroatoms. The number of carbonyl (C=O) groups is 3. The van der Waals surface area contributed by atoms with Crippen molar-refractivity contribution in [3.8, 4) is 11.5 Å². The summed E-state index contributed by atoms with van der Waals surface area (Å²) in [6.07, 6.45) is 2.53. The maximum Gasteiger partial charge on any atom is 0.257 e. The van der Waals surface area contributed by atoms with Gasteiger partial charge >= 0.3 is 0 Å². The fourth-order valence-corrected chi connectivity index (χ4v) is 4.37. The van der Waals surface area contributed by atoms with Crippen molar-refractivity contribution in [2.24, 2.45) is 5.73 Å². The van der Waals surface area contributed by atoms with E-state index >= 15 is 0 Å². The quantitative estimate of drug-likeness (QED) is 0.322. The van der Waals surface area contributed by atoms with Crippen LogP contribution in [-0.4, -0.2) is 44.4 Å². The smallest absolute Gasteiger partial charge is 0.257 e. The van der Waals surface area contributed by atoms with Gasteiger partial charge in [-0.2, -0.15) is 0 Å². The lowest BCUT2D eigenvalue weighted by atomic mass is 10.1. The van der Waals surface area contributed by atoms with Gasteiger partial charge in [0.15, 0.2) is 16.6 Å². The highest BCUT2D eigenvalue weighted by Crippen LogP contribution is 2.28. The fraction of sp³-hybridized carbons (Fsp3) is 0.357. The molecule has 1 heterocycles. The molecule has 9 nitrogen and oxygen atoms in total. The van der Waals surface area contributed by atoms with Crippen molar-refractivity contribution >= 4 is 35.1 Å². The summed E-state index contributed by atoms with van der Waals surface area (Å²) in [5.74, 6) is 0.537. The van der Waals surface area contributed by atoms with Crippen LogP contribution in [-0.2, 0) is 24.2 Å². The topological polar surface area (TPSA) is 133 Å². The van der Waals surface area contributed by atoms with Crippen LogP contribution in [0.25, 0.3) is 0 Å². The van der Waals surface area contributed by atoms with Gasteiger partial charge in [-0.25, -0.2) is 4.98 Å². The molecule has 0 unspecified atom stereocenters. The first-order valence-corrected chi connectivity index (χ1v) is 13.2. The van der Waals surface area contributed by atoms with Crippen LogP contribution in [0.4, 0.5) is 5.13 Å². The predicted octanol–water partition coefficient (Wildman–Crippen LogP) is 4.64. The van der Waals surface area contributed by atoms with Crippen molar-refractivity contribution in [3.05, 3.63) is 69.7 Å². The van der Waals surface area contributed by atoms with Gasteiger partial charge < -0.3 is 25.3 Å². The number of hydrogen-bond donors (Lipinski definition) is 3. The van der Waals surface area contributed by atoms with Gasteiger partial charge in [-0.3, -0.25) is 14.9 Å². The summed E-state index contributed by atoms with van der Waals surface area (Å²) < 4.78 is 10.5. The standard InChI is InChI=1S/C25H30N4O4S.C2H6.CH2O/c1-4-22-19(9-6-12-26)28-25(34-22)29-24(31)17-8-5-7-16(13-17)15-27-23(30)18-10-11-20(32-2)21(14-18)33-3;2*1-2/h5,7-8,10-11,13-14H,4,6,9,12,15,26H2,1-3H3,(H,27,30)(H,28,29,31);1-2H3;1H2. The average molecular weight is 543 g/mol. The van der Waals surface area contributed by atoms with Crippen LogP contribution in [0.15, 0.2) is 42.5 Å². The lowest BCUT2D eigenvalue weighted by molar-refractivity contribution is -0.0980. The number of rotatable bonds is 11. The molecule has 0 saturated heterocycles. The lowest BCUT2D eigenvalue weighted by Crippen LogP contribution is -2.23. The number of ether oxygens (including phenoxy) is 2. The summed E-state index contributed by atoms with van der Waals surface area (Å²) in [6.45, 7) is 8.96. The number of nitrogens with zero attached hydrogens (tertiary/aromatic N) is 1. The average Bonchev–Trinajstić information content (AvgIpc) is 3.37. The molecule has 0 bridgehead atoms. The minimum atomic E-state index is -0.254. The van der Waals surface area contributed by atoms with Gasteiger partial charge in [0.05, 0.1) is 19.9 Å². The van der Waals surface area contributed by atoms with E-state index in [-0.39, 0.29) is 18.4 Å². The molecule has 3 aromatic rings. The third kappa shape index (κ3) is 9.28. The number of carbonyl (C=O) groups excluding carboxylic acids is 3. The number of thiazole rings is 1. The third-order valence-electron chi connectivity index (χ3n) is 5.23. The maximum absolute atomic E-state index is 12.8. The summed E-state index contributed by atoms with van der Waals surface area (Å²) in [6, 6.07) is 12.1. The van der Waals surface area contributed by atoms with Crippen molar-refractivity contribution in [3.63, 3.8) is 0 Å². The Balaban J connectivity index is 0.00000172. The molecule has 1 aromatic heterocycles. The third-order valence-corrected chi connectivity index (χ3v) is 6.38. The molecule has 0 aliphatic rings. The Bertz CT molecular complexity index is 1170. The minimum Gasteiger partial charge on any atom is -0.493 e. The van der Waals surface area contributed by atoms with Crippen molar-refractivity contribution < 1.29 is 23.9 Å². The van der Waals surface area contributed by atoms with Gasteiger partial charge in [0.25, 0.3) is 11.8 Å². The van der Waals surface area contributed by atoms with Gasteiger partial charge in [-0.1, -0.05) is 32.9 Å². The van der Waals surface area contributed by atoms with Crippen LogP contribution in [0.1, 0.15) is 64.0 Å². The molecule has 38 heavy (non-hydrogen) atoms. The maximum atomic E-state index is 12.8. The van der Waals surface area contributed by atoms with Crippen molar-refractivity contribution in [1.29, 1.82) is 0 Å². The summed E-state index contributed by atoms with van der Waals surface area (Å²) in [5, 5.41) is 6.35. The summed E-state index contributed by atoms with van der Waals surface area (Å²) in [5.41, 5.74) is 8.37. The molecule has 0 saturated carbocycles. The summed E-state index contributed by atoms with van der Waals surface area (Å²) in [7, 11) is 3.06. The lowest BCUT2D eigenvalue weighted by Gasteiger charge is -2.10. The molecular weight excluding hydrogens is 504 g/mol. The second-order valence-electron chi connectivity index (χ2n) is 7.54. The number of aromatic nitrogens is 1. The molecule has 0 atom stereocenters. The molecule has 4 N–H and O–H groups in total. The molecule has 206 valence electrons. The molecule has 0 fully saturated rings. The number of methoxy groups -OCH3 is 2.